The molecule has 0 atom stereocenters. The second kappa shape index (κ2) is 7.42. The molecule has 0 fully saturated rings. The summed E-state index contributed by atoms with van der Waals surface area (Å²) in [6.07, 6.45) is 4.93. The lowest BCUT2D eigenvalue weighted by atomic mass is 10.1. The molecule has 2 aromatic rings. The lowest BCUT2D eigenvalue weighted by Crippen LogP contribution is -2.26. The Morgan fingerprint density at radius 3 is 2.86 bits per heavy atom. The fourth-order valence-electron chi connectivity index (χ4n) is 2.01. The third-order valence-electron chi connectivity index (χ3n) is 3.10. The van der Waals surface area contributed by atoms with E-state index in [2.05, 4.69) is 25.6 Å². The Hall–Kier alpha value is -2.37. The Kier molecular flexibility index (Phi) is 5.31. The summed E-state index contributed by atoms with van der Waals surface area (Å²) in [6.45, 7) is 5.38. The predicted molar refractivity (Wildman–Crippen MR) is 82.4 cm³/mol. The van der Waals surface area contributed by atoms with Crippen molar-refractivity contribution < 1.29 is 4.79 Å². The highest BCUT2D eigenvalue weighted by Crippen LogP contribution is 2.11. The molecule has 0 aliphatic heterocycles. The van der Waals surface area contributed by atoms with Crippen molar-refractivity contribution >= 4 is 11.7 Å². The van der Waals surface area contributed by atoms with Crippen LogP contribution < -0.4 is 10.6 Å². The Morgan fingerprint density at radius 1 is 1.33 bits per heavy atom. The maximum atomic E-state index is 12.2. The van der Waals surface area contributed by atoms with Crippen LogP contribution in [0.2, 0.25) is 0 Å². The molecule has 3 N–H and O–H groups in total. The van der Waals surface area contributed by atoms with Gasteiger partial charge in [0.05, 0.1) is 6.33 Å². The van der Waals surface area contributed by atoms with Crippen LogP contribution in [0.3, 0.4) is 0 Å². The number of aromatic nitrogens is 3. The Morgan fingerprint density at radius 2 is 2.19 bits per heavy atom. The van der Waals surface area contributed by atoms with Crippen LogP contribution in [0.25, 0.3) is 0 Å². The molecular formula is C15H21N5O. The first kappa shape index (κ1) is 15.0. The smallest absolute Gasteiger partial charge is 0.251 e. The number of aryl methyl sites for hydroxylation is 1. The van der Waals surface area contributed by atoms with Gasteiger partial charge in [-0.3, -0.25) is 4.79 Å². The van der Waals surface area contributed by atoms with E-state index in [-0.39, 0.29) is 5.91 Å². The molecule has 0 spiro atoms. The Balaban J connectivity index is 1.98. The number of amides is 1. The van der Waals surface area contributed by atoms with Gasteiger partial charge in [-0.1, -0.05) is 6.92 Å². The number of pyridine rings is 1. The predicted octanol–water partition coefficient (Wildman–Crippen LogP) is 1.77. The lowest BCUT2D eigenvalue weighted by Gasteiger charge is -2.09. The van der Waals surface area contributed by atoms with Crippen molar-refractivity contribution in [3.05, 3.63) is 41.6 Å². The van der Waals surface area contributed by atoms with Crippen LogP contribution in [0, 0.1) is 0 Å². The van der Waals surface area contributed by atoms with Crippen LogP contribution in [0.15, 0.2) is 24.7 Å². The third kappa shape index (κ3) is 4.30. The summed E-state index contributed by atoms with van der Waals surface area (Å²) >= 11 is 0. The number of carbonyl (C=O) groups is 1. The van der Waals surface area contributed by atoms with E-state index >= 15 is 0 Å². The minimum atomic E-state index is -0.0780. The lowest BCUT2D eigenvalue weighted by molar-refractivity contribution is 0.0954. The molecule has 0 unspecified atom stereocenters. The van der Waals surface area contributed by atoms with Crippen molar-refractivity contribution in [1.82, 2.24) is 20.3 Å². The molecule has 2 aromatic heterocycles. The van der Waals surface area contributed by atoms with Crippen molar-refractivity contribution in [2.45, 2.75) is 26.7 Å². The third-order valence-corrected chi connectivity index (χ3v) is 3.10. The molecular weight excluding hydrogens is 266 g/mol. The Bertz CT molecular complexity index is 580. The number of anilines is 1. The van der Waals surface area contributed by atoms with Gasteiger partial charge < -0.3 is 15.6 Å². The second-order valence-electron chi connectivity index (χ2n) is 4.70. The number of nitrogens with zero attached hydrogens (tertiary/aromatic N) is 2. The molecule has 0 aromatic carbocycles. The van der Waals surface area contributed by atoms with Crippen molar-refractivity contribution in [3.8, 4) is 0 Å². The number of hydrogen-bond acceptors (Lipinski definition) is 4. The zero-order valence-corrected chi connectivity index (χ0v) is 12.4. The molecule has 0 aliphatic carbocycles. The molecule has 6 nitrogen and oxygen atoms in total. The van der Waals surface area contributed by atoms with Gasteiger partial charge >= 0.3 is 0 Å². The van der Waals surface area contributed by atoms with E-state index in [0.29, 0.717) is 12.1 Å². The van der Waals surface area contributed by atoms with Crippen molar-refractivity contribution in [1.29, 1.82) is 0 Å². The van der Waals surface area contributed by atoms with Gasteiger partial charge in [-0.05, 0) is 25.5 Å². The number of nitrogens with one attached hydrogen (secondary N) is 3. The van der Waals surface area contributed by atoms with Gasteiger partial charge in [0.25, 0.3) is 5.91 Å². The first-order chi connectivity index (χ1) is 10.2. The summed E-state index contributed by atoms with van der Waals surface area (Å²) in [7, 11) is 0. The van der Waals surface area contributed by atoms with Crippen LogP contribution in [-0.2, 0) is 12.8 Å². The minimum absolute atomic E-state index is 0.0780. The topological polar surface area (TPSA) is 82.7 Å². The van der Waals surface area contributed by atoms with E-state index in [1.54, 1.807) is 18.6 Å². The largest absolute Gasteiger partial charge is 0.370 e. The second-order valence-corrected chi connectivity index (χ2v) is 4.70. The summed E-state index contributed by atoms with van der Waals surface area (Å²) < 4.78 is 0. The highest BCUT2D eigenvalue weighted by molar-refractivity contribution is 5.95. The van der Waals surface area contributed by atoms with E-state index < -0.39 is 0 Å². The maximum absolute atomic E-state index is 12.2. The normalized spacial score (nSPS) is 10.4. The number of carbonyl (C=O) groups excluding carboxylic acids is 1. The molecule has 21 heavy (non-hydrogen) atoms. The van der Waals surface area contributed by atoms with Gasteiger partial charge in [0.1, 0.15) is 5.82 Å². The molecule has 2 rings (SSSR count). The van der Waals surface area contributed by atoms with E-state index in [0.717, 1.165) is 36.6 Å². The maximum Gasteiger partial charge on any atom is 0.251 e. The van der Waals surface area contributed by atoms with Crippen LogP contribution in [0.5, 0.6) is 0 Å². The van der Waals surface area contributed by atoms with Crippen LogP contribution in [0.4, 0.5) is 5.82 Å². The SMILES string of the molecule is CCNc1cc(C(=O)NCCc2cnc[nH]2)cc(CC)n1. The zero-order valence-electron chi connectivity index (χ0n) is 12.4. The van der Waals surface area contributed by atoms with Gasteiger partial charge in [-0.2, -0.15) is 0 Å². The molecule has 6 heteroatoms. The van der Waals surface area contributed by atoms with Gasteiger partial charge in [-0.15, -0.1) is 0 Å². The average Bonchev–Trinajstić information content (AvgIpc) is 3.00. The molecule has 1 amide bonds. The molecule has 0 bridgehead atoms. The first-order valence-corrected chi connectivity index (χ1v) is 7.23. The van der Waals surface area contributed by atoms with E-state index in [9.17, 15) is 4.79 Å². The quantitative estimate of drug-likeness (QED) is 0.725. The summed E-state index contributed by atoms with van der Waals surface area (Å²) in [5.74, 6) is 0.668. The molecule has 112 valence electrons. The van der Waals surface area contributed by atoms with E-state index in [1.165, 1.54) is 0 Å². The minimum Gasteiger partial charge on any atom is -0.370 e. The van der Waals surface area contributed by atoms with Crippen LogP contribution in [0.1, 0.15) is 35.6 Å². The standard InChI is InChI=1S/C15H21N5O/c1-3-12-7-11(8-14(20-12)17-4-2)15(21)18-6-5-13-9-16-10-19-13/h7-10H,3-6H2,1-2H3,(H,16,19)(H,17,20)(H,18,21). The van der Waals surface area contributed by atoms with Gasteiger partial charge in [0, 0.05) is 42.7 Å². The number of hydrogen-bond donors (Lipinski definition) is 3. The highest BCUT2D eigenvalue weighted by atomic mass is 16.1. The average molecular weight is 287 g/mol. The van der Waals surface area contributed by atoms with Gasteiger partial charge in [0.15, 0.2) is 0 Å². The highest BCUT2D eigenvalue weighted by Gasteiger charge is 2.09. The molecule has 2 heterocycles. The molecule has 0 aliphatic rings. The Labute approximate surface area is 124 Å². The number of H-pyrrole nitrogens is 1. The van der Waals surface area contributed by atoms with Crippen LogP contribution >= 0.6 is 0 Å². The number of aromatic amines is 1. The summed E-state index contributed by atoms with van der Waals surface area (Å²) in [5, 5.41) is 6.07. The summed E-state index contributed by atoms with van der Waals surface area (Å²) in [5.41, 5.74) is 2.56. The number of imidazole rings is 1. The molecule has 0 saturated carbocycles. The first-order valence-electron chi connectivity index (χ1n) is 7.23. The van der Waals surface area contributed by atoms with Crippen molar-refractivity contribution in [3.63, 3.8) is 0 Å². The number of rotatable bonds is 7. The fourth-order valence-corrected chi connectivity index (χ4v) is 2.01. The van der Waals surface area contributed by atoms with Gasteiger partial charge in [-0.25, -0.2) is 9.97 Å². The zero-order chi connectivity index (χ0) is 15.1. The van der Waals surface area contributed by atoms with E-state index in [1.807, 2.05) is 19.9 Å². The molecule has 0 saturated heterocycles. The fraction of sp³-hybridized carbons (Fsp3) is 0.400. The van der Waals surface area contributed by atoms with Crippen molar-refractivity contribution in [2.75, 3.05) is 18.4 Å². The monoisotopic (exact) mass is 287 g/mol. The van der Waals surface area contributed by atoms with Crippen LogP contribution in [-0.4, -0.2) is 33.9 Å². The van der Waals surface area contributed by atoms with E-state index in [4.69, 9.17) is 0 Å². The summed E-state index contributed by atoms with van der Waals surface area (Å²) in [4.78, 5) is 23.6. The molecule has 0 radical (unpaired) electrons. The van der Waals surface area contributed by atoms with Gasteiger partial charge in [0.2, 0.25) is 0 Å². The summed E-state index contributed by atoms with van der Waals surface area (Å²) in [6, 6.07) is 3.63. The van der Waals surface area contributed by atoms with Crippen molar-refractivity contribution in [2.24, 2.45) is 0 Å².